The molecule has 0 atom stereocenters. The summed E-state index contributed by atoms with van der Waals surface area (Å²) in [5, 5.41) is 2.41. The molecule has 0 aliphatic rings. The first kappa shape index (κ1) is 21.3. The summed E-state index contributed by atoms with van der Waals surface area (Å²) in [6.07, 6.45) is -8.82. The number of allylic oxidation sites excluding steroid dienone is 2. The molecule has 150 valence electrons. The number of ether oxygens (including phenoxy) is 1. The van der Waals surface area contributed by atoms with Crippen molar-refractivity contribution in [3.63, 3.8) is 0 Å². The Labute approximate surface area is 156 Å². The first-order valence-electron chi connectivity index (χ1n) is 7.83. The number of hydrogen-bond acceptors (Lipinski definition) is 3. The molecule has 0 aliphatic heterocycles. The van der Waals surface area contributed by atoms with E-state index in [0.29, 0.717) is 17.9 Å². The van der Waals surface area contributed by atoms with Crippen LogP contribution < -0.4 is 10.1 Å². The van der Waals surface area contributed by atoms with E-state index in [4.69, 9.17) is 4.74 Å². The molecule has 0 fully saturated rings. The number of halogens is 6. The molecular weight excluding hydrogens is 388 g/mol. The fourth-order valence-corrected chi connectivity index (χ4v) is 2.33. The molecule has 2 aromatic rings. The lowest BCUT2D eigenvalue weighted by Crippen LogP contribution is -2.12. The topological polar surface area (TPSA) is 38.3 Å². The van der Waals surface area contributed by atoms with E-state index < -0.39 is 35.0 Å². The van der Waals surface area contributed by atoms with Crippen LogP contribution in [0.3, 0.4) is 0 Å². The molecule has 0 aliphatic carbocycles. The zero-order valence-electron chi connectivity index (χ0n) is 14.7. The highest BCUT2D eigenvalue weighted by Gasteiger charge is 2.36. The van der Waals surface area contributed by atoms with Crippen molar-refractivity contribution >= 4 is 11.5 Å². The molecular formula is C19H15F6NO2. The summed E-state index contributed by atoms with van der Waals surface area (Å²) >= 11 is 0. The minimum absolute atomic E-state index is 0.0345. The van der Waals surface area contributed by atoms with Gasteiger partial charge < -0.3 is 10.1 Å². The molecule has 0 unspecified atom stereocenters. The van der Waals surface area contributed by atoms with Crippen LogP contribution in [0, 0.1) is 0 Å². The van der Waals surface area contributed by atoms with Gasteiger partial charge in [-0.25, -0.2) is 0 Å². The zero-order valence-corrected chi connectivity index (χ0v) is 14.7. The molecule has 0 spiro atoms. The maximum absolute atomic E-state index is 12.9. The van der Waals surface area contributed by atoms with E-state index in [1.54, 1.807) is 12.1 Å². The summed E-state index contributed by atoms with van der Waals surface area (Å²) in [5.41, 5.74) is -2.97. The minimum atomic E-state index is -4.95. The second kappa shape index (κ2) is 7.95. The highest BCUT2D eigenvalue weighted by atomic mass is 19.4. The number of benzene rings is 2. The molecule has 0 saturated heterocycles. The van der Waals surface area contributed by atoms with Gasteiger partial charge in [-0.1, -0.05) is 0 Å². The Hall–Kier alpha value is -2.97. The average Bonchev–Trinajstić information content (AvgIpc) is 2.59. The van der Waals surface area contributed by atoms with Gasteiger partial charge >= 0.3 is 12.4 Å². The number of methoxy groups -OCH3 is 1. The molecule has 3 nitrogen and oxygen atoms in total. The van der Waals surface area contributed by atoms with Crippen molar-refractivity contribution in [1.29, 1.82) is 0 Å². The number of rotatable bonds is 5. The largest absolute Gasteiger partial charge is 0.497 e. The van der Waals surface area contributed by atoms with Crippen LogP contribution >= 0.6 is 0 Å². The molecule has 2 aromatic carbocycles. The standard InChI is InChI=1S/C19H15F6NO2/c1-11(7-17(27)12-3-5-16(28-2)6-4-12)26-15-9-13(18(20,21)22)8-14(10-15)19(23,24)25/h3-10,26H,1-2H3/b11-7+. The number of carbonyl (C=O) groups excluding carboxylic acids is 1. The van der Waals surface area contributed by atoms with Gasteiger partial charge in [-0.05, 0) is 49.4 Å². The zero-order chi connectivity index (χ0) is 21.1. The first-order valence-corrected chi connectivity index (χ1v) is 7.83. The lowest BCUT2D eigenvalue weighted by Gasteiger charge is -2.15. The lowest BCUT2D eigenvalue weighted by atomic mass is 10.1. The van der Waals surface area contributed by atoms with Crippen molar-refractivity contribution in [3.8, 4) is 5.75 Å². The highest BCUT2D eigenvalue weighted by Crippen LogP contribution is 2.37. The van der Waals surface area contributed by atoms with E-state index in [0.717, 1.165) is 6.08 Å². The van der Waals surface area contributed by atoms with Crippen LogP contribution in [0.5, 0.6) is 5.75 Å². The summed E-state index contributed by atoms with van der Waals surface area (Å²) in [6.45, 7) is 1.36. The van der Waals surface area contributed by atoms with Crippen LogP contribution in [-0.4, -0.2) is 12.9 Å². The van der Waals surface area contributed by atoms with Crippen molar-refractivity contribution < 1.29 is 35.9 Å². The van der Waals surface area contributed by atoms with Crippen LogP contribution in [0.2, 0.25) is 0 Å². The molecule has 0 amide bonds. The number of nitrogens with one attached hydrogen (secondary N) is 1. The molecule has 9 heteroatoms. The molecule has 2 rings (SSSR count). The molecule has 0 heterocycles. The Bertz CT molecular complexity index is 851. The third-order valence-corrected chi connectivity index (χ3v) is 3.65. The van der Waals surface area contributed by atoms with Gasteiger partial charge in [0.2, 0.25) is 0 Å². The number of carbonyl (C=O) groups is 1. The average molecular weight is 403 g/mol. The summed E-state index contributed by atoms with van der Waals surface area (Å²) in [7, 11) is 1.45. The summed E-state index contributed by atoms with van der Waals surface area (Å²) in [4.78, 5) is 12.2. The smallest absolute Gasteiger partial charge is 0.416 e. The fraction of sp³-hybridized carbons (Fsp3) is 0.211. The SMILES string of the molecule is COc1ccc(C(=O)/C=C(\C)Nc2cc(C(F)(F)F)cc(C(F)(F)F)c2)cc1. The van der Waals surface area contributed by atoms with Crippen LogP contribution in [0.4, 0.5) is 32.0 Å². The summed E-state index contributed by atoms with van der Waals surface area (Å²) < 4.78 is 82.3. The third kappa shape index (κ3) is 5.51. The lowest BCUT2D eigenvalue weighted by molar-refractivity contribution is -0.143. The van der Waals surface area contributed by atoms with Crippen molar-refractivity contribution in [2.45, 2.75) is 19.3 Å². The second-order valence-corrected chi connectivity index (χ2v) is 5.84. The molecule has 0 saturated carbocycles. The third-order valence-electron chi connectivity index (χ3n) is 3.65. The number of alkyl halides is 6. The fourth-order valence-electron chi connectivity index (χ4n) is 2.33. The van der Waals surface area contributed by atoms with Crippen LogP contribution in [0.1, 0.15) is 28.4 Å². The number of hydrogen-bond donors (Lipinski definition) is 1. The van der Waals surface area contributed by atoms with Crippen LogP contribution in [0.25, 0.3) is 0 Å². The van der Waals surface area contributed by atoms with E-state index in [1.165, 1.54) is 26.2 Å². The van der Waals surface area contributed by atoms with Gasteiger partial charge in [-0.2, -0.15) is 26.3 Å². The van der Waals surface area contributed by atoms with Crippen molar-refractivity contribution in [2.75, 3.05) is 12.4 Å². The maximum Gasteiger partial charge on any atom is 0.416 e. The molecule has 0 bridgehead atoms. The van der Waals surface area contributed by atoms with E-state index in [-0.39, 0.29) is 17.3 Å². The monoisotopic (exact) mass is 403 g/mol. The number of ketones is 1. The van der Waals surface area contributed by atoms with E-state index in [9.17, 15) is 31.1 Å². The minimum Gasteiger partial charge on any atom is -0.497 e. The van der Waals surface area contributed by atoms with Gasteiger partial charge in [-0.15, -0.1) is 0 Å². The van der Waals surface area contributed by atoms with Crippen molar-refractivity contribution in [2.24, 2.45) is 0 Å². The molecule has 0 radical (unpaired) electrons. The van der Waals surface area contributed by atoms with E-state index >= 15 is 0 Å². The van der Waals surface area contributed by atoms with Gasteiger partial charge in [0.05, 0.1) is 18.2 Å². The van der Waals surface area contributed by atoms with E-state index in [1.807, 2.05) is 0 Å². The quantitative estimate of drug-likeness (QED) is 0.382. The van der Waals surface area contributed by atoms with Gasteiger partial charge in [-0.3, -0.25) is 4.79 Å². The highest BCUT2D eigenvalue weighted by molar-refractivity contribution is 6.05. The van der Waals surface area contributed by atoms with Gasteiger partial charge in [0.1, 0.15) is 5.75 Å². The Morgan fingerprint density at radius 2 is 1.43 bits per heavy atom. The Morgan fingerprint density at radius 1 is 0.929 bits per heavy atom. The predicted molar refractivity (Wildman–Crippen MR) is 91.2 cm³/mol. The van der Waals surface area contributed by atoms with Crippen LogP contribution in [-0.2, 0) is 12.4 Å². The Kier molecular flexibility index (Phi) is 6.06. The van der Waals surface area contributed by atoms with E-state index in [2.05, 4.69) is 5.32 Å². The molecule has 0 aromatic heterocycles. The Morgan fingerprint density at radius 3 is 1.86 bits per heavy atom. The Balaban J connectivity index is 2.29. The predicted octanol–water partition coefficient (Wildman–Crippen LogP) is 5.93. The summed E-state index contributed by atoms with van der Waals surface area (Å²) in [5.74, 6) is 0.0506. The van der Waals surface area contributed by atoms with Gasteiger partial charge in [0.25, 0.3) is 0 Å². The first-order chi connectivity index (χ1) is 12.9. The van der Waals surface area contributed by atoms with Crippen LogP contribution in [0.15, 0.2) is 54.2 Å². The maximum atomic E-state index is 12.9. The van der Waals surface area contributed by atoms with Gasteiger partial charge in [0, 0.05) is 23.0 Å². The second-order valence-electron chi connectivity index (χ2n) is 5.84. The normalized spacial score (nSPS) is 12.6. The number of anilines is 1. The molecule has 28 heavy (non-hydrogen) atoms. The van der Waals surface area contributed by atoms with Crippen molar-refractivity contribution in [1.82, 2.24) is 0 Å². The van der Waals surface area contributed by atoms with Gasteiger partial charge in [0.15, 0.2) is 5.78 Å². The summed E-state index contributed by atoms with van der Waals surface area (Å²) in [6, 6.07) is 7.19. The van der Waals surface area contributed by atoms with Crippen molar-refractivity contribution in [3.05, 3.63) is 70.9 Å². The molecule has 1 N–H and O–H groups in total.